The van der Waals surface area contributed by atoms with E-state index in [-0.39, 0.29) is 24.0 Å². The molecular formula is C33H43ClN4O5. The lowest BCUT2D eigenvalue weighted by atomic mass is 10.0. The summed E-state index contributed by atoms with van der Waals surface area (Å²) in [6, 6.07) is 11.4. The molecule has 2 atom stereocenters. The number of para-hydroxylation sites is 1. The lowest BCUT2D eigenvalue weighted by Crippen LogP contribution is -2.43. The molecule has 2 aromatic rings. The highest BCUT2D eigenvalue weighted by molar-refractivity contribution is 6.31. The van der Waals surface area contributed by atoms with Crippen LogP contribution < -0.4 is 9.64 Å². The SMILES string of the molecule is COc1c(C)cccc1C(=O)N1CC2CN(CCCN(C(=O)OC3CCN(C(C)=O)CC3)c3ccc(C)c(Cl)c3)CC2C1. The first kappa shape index (κ1) is 31.1. The Morgan fingerprint density at radius 2 is 1.65 bits per heavy atom. The summed E-state index contributed by atoms with van der Waals surface area (Å²) in [6.45, 7) is 11.4. The van der Waals surface area contributed by atoms with Crippen LogP contribution in [0.5, 0.6) is 5.75 Å². The summed E-state index contributed by atoms with van der Waals surface area (Å²) in [7, 11) is 1.61. The van der Waals surface area contributed by atoms with Crippen LogP contribution >= 0.6 is 11.6 Å². The van der Waals surface area contributed by atoms with Gasteiger partial charge in [-0.2, -0.15) is 0 Å². The van der Waals surface area contributed by atoms with Gasteiger partial charge in [0.2, 0.25) is 5.91 Å². The molecule has 0 bridgehead atoms. The summed E-state index contributed by atoms with van der Waals surface area (Å²) in [6.07, 6.45) is 1.47. The molecule has 0 spiro atoms. The number of anilines is 1. The Hall–Kier alpha value is -3.30. The Morgan fingerprint density at radius 3 is 2.28 bits per heavy atom. The average molecular weight is 611 g/mol. The molecule has 0 aliphatic carbocycles. The van der Waals surface area contributed by atoms with Gasteiger partial charge in [-0.1, -0.05) is 29.8 Å². The van der Waals surface area contributed by atoms with Crippen molar-refractivity contribution in [2.75, 3.05) is 64.4 Å². The molecule has 3 aliphatic heterocycles. The molecule has 5 rings (SSSR count). The average Bonchev–Trinajstić information content (AvgIpc) is 3.56. The van der Waals surface area contributed by atoms with Crippen LogP contribution in [0.15, 0.2) is 36.4 Å². The summed E-state index contributed by atoms with van der Waals surface area (Å²) in [4.78, 5) is 46.3. The first-order valence-corrected chi connectivity index (χ1v) is 15.7. The molecule has 9 nitrogen and oxygen atoms in total. The van der Waals surface area contributed by atoms with Crippen molar-refractivity contribution in [3.8, 4) is 5.75 Å². The minimum Gasteiger partial charge on any atom is -0.496 e. The van der Waals surface area contributed by atoms with E-state index in [0.29, 0.717) is 60.6 Å². The zero-order valence-electron chi connectivity index (χ0n) is 25.7. The molecule has 3 amide bonds. The van der Waals surface area contributed by atoms with Crippen molar-refractivity contribution in [3.63, 3.8) is 0 Å². The highest BCUT2D eigenvalue weighted by atomic mass is 35.5. The third-order valence-corrected chi connectivity index (χ3v) is 9.60. The summed E-state index contributed by atoms with van der Waals surface area (Å²) < 4.78 is 11.5. The number of hydrogen-bond donors (Lipinski definition) is 0. The Balaban J connectivity index is 1.15. The van der Waals surface area contributed by atoms with Gasteiger partial charge in [-0.25, -0.2) is 4.79 Å². The van der Waals surface area contributed by atoms with E-state index in [0.717, 1.165) is 56.0 Å². The maximum Gasteiger partial charge on any atom is 0.414 e. The number of likely N-dealkylation sites (tertiary alicyclic amines) is 3. The Labute approximate surface area is 259 Å². The predicted molar refractivity (Wildman–Crippen MR) is 167 cm³/mol. The van der Waals surface area contributed by atoms with Crippen molar-refractivity contribution in [2.24, 2.45) is 11.8 Å². The molecule has 0 aromatic heterocycles. The fraction of sp³-hybridized carbons (Fsp3) is 0.545. The van der Waals surface area contributed by atoms with Crippen LogP contribution in [0, 0.1) is 25.7 Å². The lowest BCUT2D eigenvalue weighted by Gasteiger charge is -2.32. The van der Waals surface area contributed by atoms with E-state index in [9.17, 15) is 14.4 Å². The van der Waals surface area contributed by atoms with Gasteiger partial charge in [0.1, 0.15) is 11.9 Å². The van der Waals surface area contributed by atoms with E-state index >= 15 is 0 Å². The fourth-order valence-corrected chi connectivity index (χ4v) is 6.90. The van der Waals surface area contributed by atoms with E-state index in [4.69, 9.17) is 21.1 Å². The number of ether oxygens (including phenoxy) is 2. The van der Waals surface area contributed by atoms with Crippen LogP contribution in [0.4, 0.5) is 10.5 Å². The van der Waals surface area contributed by atoms with Crippen LogP contribution in [0.1, 0.15) is 47.7 Å². The van der Waals surface area contributed by atoms with Gasteiger partial charge in [-0.3, -0.25) is 14.5 Å². The minimum atomic E-state index is -0.375. The second-order valence-corrected chi connectivity index (χ2v) is 12.6. The van der Waals surface area contributed by atoms with Gasteiger partial charge < -0.3 is 24.2 Å². The second kappa shape index (κ2) is 13.6. The summed E-state index contributed by atoms with van der Waals surface area (Å²) in [5.74, 6) is 1.64. The van der Waals surface area contributed by atoms with Gasteiger partial charge in [0.05, 0.1) is 12.7 Å². The molecule has 10 heteroatoms. The van der Waals surface area contributed by atoms with E-state index in [2.05, 4.69) is 4.90 Å². The van der Waals surface area contributed by atoms with Crippen LogP contribution in [0.25, 0.3) is 0 Å². The van der Waals surface area contributed by atoms with Crippen molar-refractivity contribution in [2.45, 2.75) is 46.1 Å². The second-order valence-electron chi connectivity index (χ2n) is 12.2. The number of halogens is 1. The maximum atomic E-state index is 13.4. The van der Waals surface area contributed by atoms with Crippen molar-refractivity contribution in [3.05, 3.63) is 58.1 Å². The molecule has 0 N–H and O–H groups in total. The number of fused-ring (bicyclic) bond motifs is 1. The molecule has 232 valence electrons. The third kappa shape index (κ3) is 7.10. The highest BCUT2D eigenvalue weighted by Gasteiger charge is 2.42. The van der Waals surface area contributed by atoms with Crippen LogP contribution in [0.2, 0.25) is 5.02 Å². The van der Waals surface area contributed by atoms with Gasteiger partial charge in [-0.05, 0) is 68.0 Å². The minimum absolute atomic E-state index is 0.0411. The summed E-state index contributed by atoms with van der Waals surface area (Å²) >= 11 is 6.43. The largest absolute Gasteiger partial charge is 0.496 e. The number of nitrogens with zero attached hydrogens (tertiary/aromatic N) is 4. The number of carbonyl (C=O) groups is 3. The van der Waals surface area contributed by atoms with Gasteiger partial charge >= 0.3 is 6.09 Å². The maximum absolute atomic E-state index is 13.4. The van der Waals surface area contributed by atoms with Gasteiger partial charge in [-0.15, -0.1) is 0 Å². The molecular weight excluding hydrogens is 568 g/mol. The number of methoxy groups -OCH3 is 1. The highest BCUT2D eigenvalue weighted by Crippen LogP contribution is 2.34. The molecule has 43 heavy (non-hydrogen) atoms. The van der Waals surface area contributed by atoms with Gasteiger partial charge in [0.25, 0.3) is 5.91 Å². The standard InChI is InChI=1S/C33H43ClN4O5/c1-22-9-10-27(17-30(22)34)38(33(41)43-28-11-15-36(16-12-28)24(3)39)14-6-13-35-18-25-20-37(21-26(25)19-35)32(40)29-8-5-7-23(2)31(29)42-4/h5,7-10,17,25-26,28H,6,11-16,18-21H2,1-4H3. The number of hydrogen-bond acceptors (Lipinski definition) is 6. The molecule has 2 aromatic carbocycles. The molecule has 3 heterocycles. The topological polar surface area (TPSA) is 82.6 Å². The number of rotatable bonds is 8. The molecule has 3 aliphatic rings. The molecule has 3 saturated heterocycles. The Kier molecular flexibility index (Phi) is 9.82. The van der Waals surface area contributed by atoms with E-state index in [1.807, 2.05) is 55.1 Å². The zero-order chi connectivity index (χ0) is 30.7. The molecule has 0 radical (unpaired) electrons. The van der Waals surface area contributed by atoms with Crippen molar-refractivity contribution in [1.82, 2.24) is 14.7 Å². The number of piperidine rings is 1. The molecule has 3 fully saturated rings. The smallest absolute Gasteiger partial charge is 0.414 e. The van der Waals surface area contributed by atoms with Crippen LogP contribution in [-0.2, 0) is 9.53 Å². The van der Waals surface area contributed by atoms with E-state index in [1.165, 1.54) is 0 Å². The van der Waals surface area contributed by atoms with Crippen LogP contribution in [-0.4, -0.2) is 98.2 Å². The fourth-order valence-electron chi connectivity index (χ4n) is 6.72. The molecule has 0 saturated carbocycles. The van der Waals surface area contributed by atoms with Crippen molar-refractivity contribution < 1.29 is 23.9 Å². The summed E-state index contributed by atoms with van der Waals surface area (Å²) in [5.41, 5.74) is 3.27. The summed E-state index contributed by atoms with van der Waals surface area (Å²) in [5, 5.41) is 0.611. The van der Waals surface area contributed by atoms with Crippen molar-refractivity contribution >= 4 is 35.2 Å². The zero-order valence-corrected chi connectivity index (χ0v) is 26.4. The van der Waals surface area contributed by atoms with E-state index in [1.54, 1.807) is 23.8 Å². The molecule has 2 unspecified atom stereocenters. The lowest BCUT2D eigenvalue weighted by molar-refractivity contribution is -0.130. The monoisotopic (exact) mass is 610 g/mol. The number of carbonyl (C=O) groups excluding carboxylic acids is 3. The van der Waals surface area contributed by atoms with Crippen LogP contribution in [0.3, 0.4) is 0 Å². The van der Waals surface area contributed by atoms with E-state index < -0.39 is 0 Å². The first-order valence-electron chi connectivity index (χ1n) is 15.3. The normalized spacial score (nSPS) is 20.7. The first-order chi connectivity index (χ1) is 20.6. The van der Waals surface area contributed by atoms with Gasteiger partial charge in [0.15, 0.2) is 0 Å². The quantitative estimate of drug-likeness (QED) is 0.418. The Bertz CT molecular complexity index is 1330. The Morgan fingerprint density at radius 1 is 0.953 bits per heavy atom. The number of benzene rings is 2. The van der Waals surface area contributed by atoms with Gasteiger partial charge in [0, 0.05) is 76.3 Å². The third-order valence-electron chi connectivity index (χ3n) is 9.19. The number of amides is 3. The predicted octanol–water partition coefficient (Wildman–Crippen LogP) is 5.01. The van der Waals surface area contributed by atoms with Crippen molar-refractivity contribution in [1.29, 1.82) is 0 Å². The number of aryl methyl sites for hydroxylation is 2.